The predicted octanol–water partition coefficient (Wildman–Crippen LogP) is 0.283. The Morgan fingerprint density at radius 3 is 2.40 bits per heavy atom. The number of aromatic nitrogens is 1. The van der Waals surface area contributed by atoms with Crippen LogP contribution >= 0.6 is 0 Å². The van der Waals surface area contributed by atoms with Crippen LogP contribution in [0.4, 0.5) is 5.82 Å². The van der Waals surface area contributed by atoms with E-state index in [1.165, 1.54) is 6.20 Å². The fourth-order valence-electron chi connectivity index (χ4n) is 4.29. The number of sulfonamides is 1. The van der Waals surface area contributed by atoms with Gasteiger partial charge in [0, 0.05) is 51.5 Å². The molecule has 0 spiro atoms. The quantitative estimate of drug-likeness (QED) is 0.683. The molecule has 4 rings (SSSR count). The minimum absolute atomic E-state index is 0.0444. The summed E-state index contributed by atoms with van der Waals surface area (Å²) in [5, 5.41) is 0. The second-order valence-electron chi connectivity index (χ2n) is 8.21. The van der Waals surface area contributed by atoms with Crippen molar-refractivity contribution in [1.82, 2.24) is 19.5 Å². The molecule has 10 heteroatoms. The first-order valence-corrected chi connectivity index (χ1v) is 12.3. The maximum absolute atomic E-state index is 12.5. The van der Waals surface area contributed by atoms with Crippen LogP contribution in [0.3, 0.4) is 0 Å². The van der Waals surface area contributed by atoms with E-state index in [2.05, 4.69) is 19.5 Å². The molecule has 3 fully saturated rings. The summed E-state index contributed by atoms with van der Waals surface area (Å²) in [4.78, 5) is 23.2. The van der Waals surface area contributed by atoms with Gasteiger partial charge in [-0.05, 0) is 25.0 Å². The van der Waals surface area contributed by atoms with Gasteiger partial charge in [-0.2, -0.15) is 0 Å². The number of nitrogens with one attached hydrogen (secondary N) is 1. The Morgan fingerprint density at radius 1 is 1.07 bits per heavy atom. The van der Waals surface area contributed by atoms with Gasteiger partial charge in [0.05, 0.1) is 19.8 Å². The lowest BCUT2D eigenvalue weighted by molar-refractivity contribution is -0.136. The monoisotopic (exact) mass is 437 g/mol. The number of nitrogens with zero attached hydrogens (tertiary/aromatic N) is 4. The van der Waals surface area contributed by atoms with Crippen molar-refractivity contribution in [3.8, 4) is 0 Å². The maximum atomic E-state index is 12.5. The van der Waals surface area contributed by atoms with Crippen LogP contribution in [0.5, 0.6) is 0 Å². The summed E-state index contributed by atoms with van der Waals surface area (Å²) in [6.07, 6.45) is 5.41. The number of carbonyl (C=O) groups is 1. The standard InChI is InChI=1S/C20H31N5O4S/c26-20(25-11-13-29-14-12-25)16-23-7-9-24(10-8-23)19-6-5-18(15-21-19)30(27,28)22-17-3-1-2-4-17/h5-6,15,17,22H,1-4,7-14,16H2. The normalized spacial score (nSPS) is 21.9. The topological polar surface area (TPSA) is 95.1 Å². The fourth-order valence-corrected chi connectivity index (χ4v) is 5.54. The highest BCUT2D eigenvalue weighted by atomic mass is 32.2. The van der Waals surface area contributed by atoms with Crippen LogP contribution in [0.1, 0.15) is 25.7 Å². The number of morpholine rings is 1. The molecule has 1 aromatic heterocycles. The minimum atomic E-state index is -3.51. The maximum Gasteiger partial charge on any atom is 0.242 e. The van der Waals surface area contributed by atoms with Crippen molar-refractivity contribution < 1.29 is 17.9 Å². The molecule has 1 aromatic rings. The third kappa shape index (κ3) is 5.29. The van der Waals surface area contributed by atoms with Crippen LogP contribution in [0.25, 0.3) is 0 Å². The highest BCUT2D eigenvalue weighted by Gasteiger charge is 2.25. The van der Waals surface area contributed by atoms with E-state index in [1.807, 2.05) is 4.90 Å². The van der Waals surface area contributed by atoms with Gasteiger partial charge in [0.2, 0.25) is 15.9 Å². The molecule has 1 aliphatic carbocycles. The molecule has 0 unspecified atom stereocenters. The van der Waals surface area contributed by atoms with E-state index in [-0.39, 0.29) is 16.8 Å². The van der Waals surface area contributed by atoms with Crippen LogP contribution in [-0.4, -0.2) is 94.2 Å². The van der Waals surface area contributed by atoms with Crippen molar-refractivity contribution in [3.63, 3.8) is 0 Å². The Morgan fingerprint density at radius 2 is 1.77 bits per heavy atom. The molecule has 166 valence electrons. The second kappa shape index (κ2) is 9.59. The SMILES string of the molecule is O=C(CN1CCN(c2ccc(S(=O)(=O)NC3CCCC3)cn2)CC1)N1CCOCC1. The molecule has 3 aliphatic rings. The summed E-state index contributed by atoms with van der Waals surface area (Å²) in [6.45, 7) is 6.10. The molecule has 0 bridgehead atoms. The van der Waals surface area contributed by atoms with Gasteiger partial charge in [0.15, 0.2) is 0 Å². The Kier molecular flexibility index (Phi) is 6.87. The molecule has 0 aromatic carbocycles. The van der Waals surface area contributed by atoms with Crippen LogP contribution in [0, 0.1) is 0 Å². The van der Waals surface area contributed by atoms with Crippen molar-refractivity contribution in [2.45, 2.75) is 36.6 Å². The van der Waals surface area contributed by atoms with Gasteiger partial charge in [-0.25, -0.2) is 18.1 Å². The zero-order valence-corrected chi connectivity index (χ0v) is 18.1. The highest BCUT2D eigenvalue weighted by Crippen LogP contribution is 2.21. The zero-order valence-electron chi connectivity index (χ0n) is 17.3. The molecule has 1 saturated carbocycles. The molecule has 1 N–H and O–H groups in total. The van der Waals surface area contributed by atoms with Crippen LogP contribution < -0.4 is 9.62 Å². The summed E-state index contributed by atoms with van der Waals surface area (Å²) in [5.41, 5.74) is 0. The minimum Gasteiger partial charge on any atom is -0.378 e. The van der Waals surface area contributed by atoms with Gasteiger partial charge >= 0.3 is 0 Å². The van der Waals surface area contributed by atoms with Crippen molar-refractivity contribution in [2.75, 3.05) is 63.9 Å². The summed E-state index contributed by atoms with van der Waals surface area (Å²) < 4.78 is 33.2. The third-order valence-corrected chi connectivity index (χ3v) is 7.63. The number of pyridine rings is 1. The fraction of sp³-hybridized carbons (Fsp3) is 0.700. The van der Waals surface area contributed by atoms with Gasteiger partial charge in [-0.3, -0.25) is 9.69 Å². The lowest BCUT2D eigenvalue weighted by Crippen LogP contribution is -2.51. The van der Waals surface area contributed by atoms with Crippen molar-refractivity contribution in [2.24, 2.45) is 0 Å². The van der Waals surface area contributed by atoms with E-state index in [1.54, 1.807) is 12.1 Å². The number of anilines is 1. The molecular formula is C20H31N5O4S. The number of amides is 1. The van der Waals surface area contributed by atoms with Crippen molar-refractivity contribution in [1.29, 1.82) is 0 Å². The summed E-state index contributed by atoms with van der Waals surface area (Å²) in [5.74, 6) is 0.933. The second-order valence-corrected chi connectivity index (χ2v) is 9.93. The number of rotatable bonds is 6. The van der Waals surface area contributed by atoms with E-state index in [4.69, 9.17) is 4.74 Å². The van der Waals surface area contributed by atoms with Crippen LogP contribution in [0.2, 0.25) is 0 Å². The van der Waals surface area contributed by atoms with Gasteiger partial charge in [-0.15, -0.1) is 0 Å². The molecule has 3 heterocycles. The molecule has 9 nitrogen and oxygen atoms in total. The lowest BCUT2D eigenvalue weighted by Gasteiger charge is -2.36. The van der Waals surface area contributed by atoms with Gasteiger partial charge in [0.25, 0.3) is 0 Å². The summed E-state index contributed by atoms with van der Waals surface area (Å²) in [6, 6.07) is 3.45. The van der Waals surface area contributed by atoms with Gasteiger partial charge in [-0.1, -0.05) is 12.8 Å². The molecule has 30 heavy (non-hydrogen) atoms. The lowest BCUT2D eigenvalue weighted by atomic mass is 10.3. The smallest absolute Gasteiger partial charge is 0.242 e. The summed E-state index contributed by atoms with van der Waals surface area (Å²) >= 11 is 0. The van der Waals surface area contributed by atoms with E-state index < -0.39 is 10.0 Å². The molecule has 0 atom stereocenters. The van der Waals surface area contributed by atoms with E-state index >= 15 is 0 Å². The van der Waals surface area contributed by atoms with Crippen molar-refractivity contribution in [3.05, 3.63) is 18.3 Å². The Bertz CT molecular complexity index is 812. The summed E-state index contributed by atoms with van der Waals surface area (Å²) in [7, 11) is -3.51. The first-order valence-electron chi connectivity index (χ1n) is 10.8. The molecule has 2 aliphatic heterocycles. The Hall–Kier alpha value is -1.75. The highest BCUT2D eigenvalue weighted by molar-refractivity contribution is 7.89. The number of hydrogen-bond acceptors (Lipinski definition) is 7. The Balaban J connectivity index is 1.27. The van der Waals surface area contributed by atoms with Crippen LogP contribution in [0.15, 0.2) is 23.2 Å². The number of piperazine rings is 1. The molecule has 0 radical (unpaired) electrons. The first-order chi connectivity index (χ1) is 14.5. The number of carbonyl (C=O) groups excluding carboxylic acids is 1. The number of ether oxygens (including phenoxy) is 1. The average molecular weight is 438 g/mol. The zero-order chi connectivity index (χ0) is 21.0. The van der Waals surface area contributed by atoms with Crippen molar-refractivity contribution >= 4 is 21.7 Å². The average Bonchev–Trinajstić information content (AvgIpc) is 3.27. The van der Waals surface area contributed by atoms with Gasteiger partial charge < -0.3 is 14.5 Å². The van der Waals surface area contributed by atoms with Gasteiger partial charge in [0.1, 0.15) is 10.7 Å². The molecular weight excluding hydrogens is 406 g/mol. The first kappa shape index (κ1) is 21.5. The predicted molar refractivity (Wildman–Crippen MR) is 113 cm³/mol. The number of hydrogen-bond donors (Lipinski definition) is 1. The third-order valence-electron chi connectivity index (χ3n) is 6.13. The van der Waals surface area contributed by atoms with Crippen LogP contribution in [-0.2, 0) is 19.6 Å². The Labute approximate surface area is 178 Å². The largest absolute Gasteiger partial charge is 0.378 e. The van der Waals surface area contributed by atoms with E-state index in [0.717, 1.165) is 57.7 Å². The molecule has 2 saturated heterocycles. The molecule has 1 amide bonds. The van der Waals surface area contributed by atoms with E-state index in [9.17, 15) is 13.2 Å². The van der Waals surface area contributed by atoms with E-state index in [0.29, 0.717) is 32.8 Å².